The van der Waals surface area contributed by atoms with Crippen LogP contribution in [0.4, 0.5) is 11.4 Å². The van der Waals surface area contributed by atoms with Crippen LogP contribution in [0.3, 0.4) is 0 Å². The molecule has 0 saturated heterocycles. The van der Waals surface area contributed by atoms with Gasteiger partial charge < -0.3 is 10.6 Å². The highest BCUT2D eigenvalue weighted by Crippen LogP contribution is 2.17. The zero-order chi connectivity index (χ0) is 24.1. The highest BCUT2D eigenvalue weighted by molar-refractivity contribution is 6.05. The Bertz CT molecular complexity index is 1350. The minimum Gasteiger partial charge on any atom is -0.326 e. The Morgan fingerprint density at radius 1 is 1.00 bits per heavy atom. The number of nitrogens with zero attached hydrogens (tertiary/aromatic N) is 4. The molecule has 0 aliphatic heterocycles. The van der Waals surface area contributed by atoms with Gasteiger partial charge in [-0.3, -0.25) is 23.7 Å². The summed E-state index contributed by atoms with van der Waals surface area (Å²) in [6.45, 7) is 2.43. The predicted molar refractivity (Wildman–Crippen MR) is 130 cm³/mol. The van der Waals surface area contributed by atoms with Crippen molar-refractivity contribution in [2.24, 2.45) is 7.05 Å². The molecule has 0 radical (unpaired) electrons. The maximum atomic E-state index is 13.0. The molecule has 4 rings (SSSR count). The van der Waals surface area contributed by atoms with Crippen molar-refractivity contribution < 1.29 is 9.59 Å². The highest BCUT2D eigenvalue weighted by atomic mass is 16.2. The van der Waals surface area contributed by atoms with Gasteiger partial charge in [-0.05, 0) is 49.7 Å². The van der Waals surface area contributed by atoms with E-state index in [-0.39, 0.29) is 17.2 Å². The van der Waals surface area contributed by atoms with E-state index >= 15 is 0 Å². The number of amides is 2. The van der Waals surface area contributed by atoms with Gasteiger partial charge in [0.1, 0.15) is 5.69 Å². The molecule has 9 heteroatoms. The summed E-state index contributed by atoms with van der Waals surface area (Å²) < 4.78 is 4.98. The molecule has 0 saturated carbocycles. The lowest BCUT2D eigenvalue weighted by atomic mass is 10.1. The molecule has 0 aliphatic carbocycles. The summed E-state index contributed by atoms with van der Waals surface area (Å²) >= 11 is 0. The van der Waals surface area contributed by atoms with E-state index in [1.807, 2.05) is 42.6 Å². The van der Waals surface area contributed by atoms with Gasteiger partial charge >= 0.3 is 0 Å². The third-order valence-corrected chi connectivity index (χ3v) is 5.55. The highest BCUT2D eigenvalue weighted by Gasteiger charge is 2.19. The summed E-state index contributed by atoms with van der Waals surface area (Å²) in [5.74, 6) is -0.574. The second-order valence-corrected chi connectivity index (χ2v) is 7.89. The maximum absolute atomic E-state index is 13.0. The monoisotopic (exact) mass is 458 g/mol. The summed E-state index contributed by atoms with van der Waals surface area (Å²) in [5, 5.41) is 9.67. The first-order valence-corrected chi connectivity index (χ1v) is 11.0. The number of carbonyl (C=O) groups is 2. The lowest BCUT2D eigenvalue weighted by molar-refractivity contribution is -0.116. The topological polar surface area (TPSA) is 103 Å². The van der Waals surface area contributed by atoms with Crippen LogP contribution in [0.15, 0.2) is 77.9 Å². The van der Waals surface area contributed by atoms with Gasteiger partial charge in [0, 0.05) is 43.7 Å². The van der Waals surface area contributed by atoms with Gasteiger partial charge in [0.2, 0.25) is 5.91 Å². The van der Waals surface area contributed by atoms with Crippen molar-refractivity contribution in [2.45, 2.75) is 26.3 Å². The first-order valence-electron chi connectivity index (χ1n) is 11.0. The molecule has 2 aromatic heterocycles. The van der Waals surface area contributed by atoms with Crippen LogP contribution in [0.5, 0.6) is 0 Å². The summed E-state index contributed by atoms with van der Waals surface area (Å²) in [7, 11) is 1.77. The number of aromatic nitrogens is 4. The molecule has 0 bridgehead atoms. The fourth-order valence-corrected chi connectivity index (χ4v) is 3.69. The van der Waals surface area contributed by atoms with Gasteiger partial charge in [-0.15, -0.1) is 0 Å². The largest absolute Gasteiger partial charge is 0.326 e. The minimum atomic E-state index is -0.430. The Kier molecular flexibility index (Phi) is 6.72. The number of para-hydroxylation sites is 1. The van der Waals surface area contributed by atoms with E-state index < -0.39 is 5.91 Å². The van der Waals surface area contributed by atoms with Gasteiger partial charge in [0.15, 0.2) is 0 Å². The van der Waals surface area contributed by atoms with Crippen molar-refractivity contribution >= 4 is 23.2 Å². The summed E-state index contributed by atoms with van der Waals surface area (Å²) in [4.78, 5) is 38.3. The van der Waals surface area contributed by atoms with E-state index in [0.717, 1.165) is 0 Å². The van der Waals surface area contributed by atoms with Gasteiger partial charge in [-0.25, -0.2) is 4.68 Å². The maximum Gasteiger partial charge on any atom is 0.295 e. The van der Waals surface area contributed by atoms with Crippen molar-refractivity contribution in [3.8, 4) is 5.69 Å². The van der Waals surface area contributed by atoms with E-state index in [4.69, 9.17) is 0 Å². The standard InChI is InChI=1S/C25H26N6O3/c1-18-23(25(34)31(29(18)2)21-11-4-3-5-12-21)28-24(33)19-9-6-10-20(17-19)27-22(32)13-7-15-30-16-8-14-26-30/h3-6,8-12,14,16-17H,7,13,15H2,1-2H3,(H,27,32)(H,28,33). The molecule has 0 aliphatic rings. The molecule has 0 spiro atoms. The van der Waals surface area contributed by atoms with Crippen molar-refractivity contribution in [2.75, 3.05) is 10.6 Å². The van der Waals surface area contributed by atoms with Gasteiger partial charge in [0.05, 0.1) is 11.4 Å². The van der Waals surface area contributed by atoms with Crippen LogP contribution in [-0.4, -0.2) is 31.0 Å². The van der Waals surface area contributed by atoms with Crippen molar-refractivity contribution in [1.29, 1.82) is 0 Å². The second kappa shape index (κ2) is 10.0. The molecule has 2 heterocycles. The fourth-order valence-electron chi connectivity index (χ4n) is 3.69. The van der Waals surface area contributed by atoms with Crippen molar-refractivity contribution in [3.05, 3.63) is 94.7 Å². The fraction of sp³-hybridized carbons (Fsp3) is 0.200. The zero-order valence-corrected chi connectivity index (χ0v) is 19.1. The first kappa shape index (κ1) is 22.8. The minimum absolute atomic E-state index is 0.144. The van der Waals surface area contributed by atoms with Crippen LogP contribution in [0.25, 0.3) is 5.69 Å². The summed E-state index contributed by atoms with van der Waals surface area (Å²) in [6.07, 6.45) is 4.53. The average molecular weight is 459 g/mol. The Hall–Kier alpha value is -4.40. The molecule has 0 unspecified atom stereocenters. The van der Waals surface area contributed by atoms with E-state index in [0.29, 0.717) is 42.0 Å². The third kappa shape index (κ3) is 4.98. The number of nitrogens with one attached hydrogen (secondary N) is 2. The van der Waals surface area contributed by atoms with Crippen LogP contribution in [-0.2, 0) is 18.4 Å². The Balaban J connectivity index is 1.44. The van der Waals surface area contributed by atoms with Crippen LogP contribution in [0.2, 0.25) is 0 Å². The number of carbonyl (C=O) groups excluding carboxylic acids is 2. The molecule has 174 valence electrons. The predicted octanol–water partition coefficient (Wildman–Crippen LogP) is 3.35. The Morgan fingerprint density at radius 2 is 1.79 bits per heavy atom. The molecule has 2 amide bonds. The molecule has 4 aromatic rings. The quantitative estimate of drug-likeness (QED) is 0.423. The molecular formula is C25H26N6O3. The summed E-state index contributed by atoms with van der Waals surface area (Å²) in [6, 6.07) is 17.7. The van der Waals surface area contributed by atoms with E-state index in [2.05, 4.69) is 15.7 Å². The van der Waals surface area contributed by atoms with E-state index in [1.54, 1.807) is 53.8 Å². The number of hydrogen-bond acceptors (Lipinski definition) is 4. The molecule has 2 N–H and O–H groups in total. The Labute approximate surface area is 196 Å². The van der Waals surface area contributed by atoms with Crippen LogP contribution < -0.4 is 16.2 Å². The number of benzene rings is 2. The number of rotatable bonds is 8. The molecule has 0 fully saturated rings. The third-order valence-electron chi connectivity index (χ3n) is 5.55. The van der Waals surface area contributed by atoms with Crippen LogP contribution in [0, 0.1) is 6.92 Å². The van der Waals surface area contributed by atoms with Gasteiger partial charge in [-0.2, -0.15) is 5.10 Å². The van der Waals surface area contributed by atoms with Crippen LogP contribution in [0.1, 0.15) is 28.9 Å². The molecule has 34 heavy (non-hydrogen) atoms. The van der Waals surface area contributed by atoms with Crippen molar-refractivity contribution in [1.82, 2.24) is 19.1 Å². The van der Waals surface area contributed by atoms with Gasteiger partial charge in [0.25, 0.3) is 11.5 Å². The van der Waals surface area contributed by atoms with Gasteiger partial charge in [-0.1, -0.05) is 24.3 Å². The van der Waals surface area contributed by atoms with Crippen LogP contribution >= 0.6 is 0 Å². The average Bonchev–Trinajstić information content (AvgIpc) is 3.42. The smallest absolute Gasteiger partial charge is 0.295 e. The number of hydrogen-bond donors (Lipinski definition) is 2. The second-order valence-electron chi connectivity index (χ2n) is 7.89. The molecule has 0 atom stereocenters. The molecule has 9 nitrogen and oxygen atoms in total. The Morgan fingerprint density at radius 3 is 2.53 bits per heavy atom. The molecule has 2 aromatic carbocycles. The number of anilines is 2. The first-order chi connectivity index (χ1) is 16.4. The zero-order valence-electron chi connectivity index (χ0n) is 19.1. The SMILES string of the molecule is Cc1c(NC(=O)c2cccc(NC(=O)CCCn3cccn3)c2)c(=O)n(-c2ccccc2)n1C. The lowest BCUT2D eigenvalue weighted by Crippen LogP contribution is -2.23. The molecular weight excluding hydrogens is 432 g/mol. The summed E-state index contributed by atoms with van der Waals surface area (Å²) in [5.41, 5.74) is 2.08. The number of aryl methyl sites for hydroxylation is 1. The van der Waals surface area contributed by atoms with E-state index in [9.17, 15) is 14.4 Å². The normalized spacial score (nSPS) is 10.8. The van der Waals surface area contributed by atoms with Crippen molar-refractivity contribution in [3.63, 3.8) is 0 Å². The van der Waals surface area contributed by atoms with E-state index in [1.165, 1.54) is 4.68 Å². The lowest BCUT2D eigenvalue weighted by Gasteiger charge is -2.08.